The van der Waals surface area contributed by atoms with E-state index in [9.17, 15) is 9.90 Å². The molecule has 0 aromatic heterocycles. The Bertz CT molecular complexity index is 226. The number of hydrogen-bond donors (Lipinski definition) is 2. The molecule has 1 rings (SSSR count). The Morgan fingerprint density at radius 3 is 2.64 bits per heavy atom. The van der Waals surface area contributed by atoms with Crippen LogP contribution in [0, 0.1) is 11.3 Å². The fraction of sp³-hybridized carbons (Fsp3) is 0.900. The van der Waals surface area contributed by atoms with Crippen molar-refractivity contribution >= 4 is 5.91 Å². The Hall–Kier alpha value is -0.610. The molecule has 1 aliphatic heterocycles. The number of carbonyl (C=O) groups is 1. The van der Waals surface area contributed by atoms with Gasteiger partial charge >= 0.3 is 0 Å². The normalized spacial score (nSPS) is 27.8. The van der Waals surface area contributed by atoms with E-state index in [2.05, 4.69) is 13.8 Å². The van der Waals surface area contributed by atoms with Crippen molar-refractivity contribution in [3.63, 3.8) is 0 Å². The highest BCUT2D eigenvalue weighted by Gasteiger charge is 2.41. The molecule has 4 nitrogen and oxygen atoms in total. The van der Waals surface area contributed by atoms with Gasteiger partial charge in [0.25, 0.3) is 0 Å². The third-order valence-corrected chi connectivity index (χ3v) is 3.07. The van der Waals surface area contributed by atoms with E-state index in [4.69, 9.17) is 5.73 Å². The lowest BCUT2D eigenvalue weighted by Gasteiger charge is -2.23. The number of nitrogens with two attached hydrogens (primary N) is 1. The summed E-state index contributed by atoms with van der Waals surface area (Å²) in [7, 11) is 0. The third-order valence-electron chi connectivity index (χ3n) is 3.07. The van der Waals surface area contributed by atoms with Crippen LogP contribution < -0.4 is 5.73 Å². The van der Waals surface area contributed by atoms with Crippen molar-refractivity contribution in [3.05, 3.63) is 0 Å². The zero-order chi connectivity index (χ0) is 10.9. The zero-order valence-corrected chi connectivity index (χ0v) is 9.16. The van der Waals surface area contributed by atoms with Crippen molar-refractivity contribution < 1.29 is 9.90 Å². The molecule has 1 fully saturated rings. The molecule has 1 saturated heterocycles. The largest absolute Gasteiger partial charge is 0.396 e. The number of likely N-dealkylation sites (tertiary alicyclic amines) is 1. The second kappa shape index (κ2) is 3.87. The van der Waals surface area contributed by atoms with Crippen molar-refractivity contribution in [3.8, 4) is 0 Å². The van der Waals surface area contributed by atoms with Gasteiger partial charge in [-0.2, -0.15) is 0 Å². The Morgan fingerprint density at radius 1 is 1.71 bits per heavy atom. The lowest BCUT2D eigenvalue weighted by Crippen LogP contribution is -2.41. The average Bonchev–Trinajstić information content (AvgIpc) is 2.39. The minimum atomic E-state index is -0.441. The van der Waals surface area contributed by atoms with Gasteiger partial charge in [-0.1, -0.05) is 13.8 Å². The molecule has 0 aromatic rings. The highest BCUT2D eigenvalue weighted by atomic mass is 16.3. The number of rotatable bonds is 2. The summed E-state index contributed by atoms with van der Waals surface area (Å²) in [6.07, 6.45) is 0. The molecule has 2 atom stereocenters. The van der Waals surface area contributed by atoms with Gasteiger partial charge in [0.15, 0.2) is 0 Å². The van der Waals surface area contributed by atoms with Crippen LogP contribution in [-0.2, 0) is 4.79 Å². The van der Waals surface area contributed by atoms with E-state index in [1.165, 1.54) is 0 Å². The molecule has 14 heavy (non-hydrogen) atoms. The van der Waals surface area contributed by atoms with Gasteiger partial charge in [-0.15, -0.1) is 0 Å². The summed E-state index contributed by atoms with van der Waals surface area (Å²) in [6.45, 7) is 7.30. The van der Waals surface area contributed by atoms with Crippen LogP contribution in [0.25, 0.3) is 0 Å². The van der Waals surface area contributed by atoms with Gasteiger partial charge in [-0.3, -0.25) is 4.79 Å². The first-order chi connectivity index (χ1) is 6.38. The van der Waals surface area contributed by atoms with Gasteiger partial charge in [0.05, 0.1) is 6.04 Å². The molecule has 0 aliphatic carbocycles. The maximum Gasteiger partial charge on any atom is 0.239 e. The van der Waals surface area contributed by atoms with Crippen molar-refractivity contribution in [2.24, 2.45) is 17.1 Å². The van der Waals surface area contributed by atoms with Crippen LogP contribution in [0.3, 0.4) is 0 Å². The van der Waals surface area contributed by atoms with Crippen LogP contribution in [0.2, 0.25) is 0 Å². The maximum absolute atomic E-state index is 11.6. The minimum absolute atomic E-state index is 0.000694. The van der Waals surface area contributed by atoms with E-state index in [1.807, 2.05) is 0 Å². The van der Waals surface area contributed by atoms with Crippen LogP contribution in [0.15, 0.2) is 0 Å². The summed E-state index contributed by atoms with van der Waals surface area (Å²) in [5.74, 6) is 0.152. The Morgan fingerprint density at radius 2 is 2.29 bits per heavy atom. The molecular weight excluding hydrogens is 180 g/mol. The molecule has 0 aromatic carbocycles. The predicted molar refractivity (Wildman–Crippen MR) is 54.6 cm³/mol. The zero-order valence-electron chi connectivity index (χ0n) is 9.16. The molecule has 1 amide bonds. The molecular formula is C10H20N2O2. The second-order valence-electron chi connectivity index (χ2n) is 4.88. The summed E-state index contributed by atoms with van der Waals surface area (Å²) in [5.41, 5.74) is 5.54. The maximum atomic E-state index is 11.6. The van der Waals surface area contributed by atoms with Crippen LogP contribution in [0.5, 0.6) is 0 Å². The van der Waals surface area contributed by atoms with Gasteiger partial charge in [0.2, 0.25) is 5.91 Å². The van der Waals surface area contributed by atoms with Crippen molar-refractivity contribution in [1.29, 1.82) is 0 Å². The lowest BCUT2D eigenvalue weighted by atomic mass is 9.83. The Balaban J connectivity index is 2.67. The van der Waals surface area contributed by atoms with E-state index < -0.39 is 6.04 Å². The first kappa shape index (κ1) is 11.5. The minimum Gasteiger partial charge on any atom is -0.396 e. The summed E-state index contributed by atoms with van der Waals surface area (Å²) < 4.78 is 0. The molecule has 0 spiro atoms. The van der Waals surface area contributed by atoms with Gasteiger partial charge in [-0.05, 0) is 12.3 Å². The lowest BCUT2D eigenvalue weighted by molar-refractivity contribution is -0.131. The number of hydrogen-bond acceptors (Lipinski definition) is 3. The summed E-state index contributed by atoms with van der Waals surface area (Å²) in [5, 5.41) is 9.17. The molecule has 0 saturated carbocycles. The van der Waals surface area contributed by atoms with Crippen molar-refractivity contribution in [2.45, 2.75) is 26.8 Å². The van der Waals surface area contributed by atoms with Crippen molar-refractivity contribution in [1.82, 2.24) is 4.90 Å². The first-order valence-electron chi connectivity index (χ1n) is 5.03. The molecule has 1 aliphatic rings. The number of nitrogens with zero attached hydrogens (tertiary/aromatic N) is 1. The molecule has 1 heterocycles. The number of aliphatic hydroxyl groups excluding tert-OH is 1. The average molecular weight is 200 g/mol. The van der Waals surface area contributed by atoms with Crippen LogP contribution in [0.4, 0.5) is 0 Å². The molecule has 4 heteroatoms. The summed E-state index contributed by atoms with van der Waals surface area (Å²) in [6, 6.07) is -0.441. The van der Waals surface area contributed by atoms with Crippen molar-refractivity contribution in [2.75, 3.05) is 19.7 Å². The van der Waals surface area contributed by atoms with Gasteiger partial charge < -0.3 is 15.7 Å². The quantitative estimate of drug-likeness (QED) is 0.649. The fourth-order valence-corrected chi connectivity index (χ4v) is 1.96. The Kier molecular flexibility index (Phi) is 3.17. The smallest absolute Gasteiger partial charge is 0.239 e. The predicted octanol–water partition coefficient (Wildman–Crippen LogP) is -0.189. The highest BCUT2D eigenvalue weighted by Crippen LogP contribution is 2.34. The van der Waals surface area contributed by atoms with Gasteiger partial charge in [0, 0.05) is 25.6 Å². The summed E-state index contributed by atoms with van der Waals surface area (Å²) >= 11 is 0. The summed E-state index contributed by atoms with van der Waals surface area (Å²) in [4.78, 5) is 13.4. The topological polar surface area (TPSA) is 66.6 Å². The number of amides is 1. The van der Waals surface area contributed by atoms with Crippen LogP contribution in [-0.4, -0.2) is 41.7 Å². The molecule has 0 radical (unpaired) electrons. The molecule has 0 bridgehead atoms. The van der Waals surface area contributed by atoms with E-state index in [0.29, 0.717) is 13.1 Å². The Labute approximate surface area is 85.1 Å². The number of carbonyl (C=O) groups excluding carboxylic acids is 1. The molecule has 3 N–H and O–H groups in total. The monoisotopic (exact) mass is 200 g/mol. The van der Waals surface area contributed by atoms with E-state index >= 15 is 0 Å². The van der Waals surface area contributed by atoms with Crippen LogP contribution in [0.1, 0.15) is 20.8 Å². The standard InChI is InChI=1S/C10H20N2O2/c1-7(11)9(14)12-4-8(5-13)10(2,3)6-12/h7-8,13H,4-6,11H2,1-3H3/t7-,8-/m1/s1. The second-order valence-corrected chi connectivity index (χ2v) is 4.88. The van der Waals surface area contributed by atoms with E-state index in [1.54, 1.807) is 11.8 Å². The van der Waals surface area contributed by atoms with E-state index in [-0.39, 0.29) is 23.8 Å². The highest BCUT2D eigenvalue weighted by molar-refractivity contribution is 5.81. The first-order valence-corrected chi connectivity index (χ1v) is 5.03. The fourth-order valence-electron chi connectivity index (χ4n) is 1.96. The van der Waals surface area contributed by atoms with Gasteiger partial charge in [-0.25, -0.2) is 0 Å². The molecule has 0 unspecified atom stereocenters. The SMILES string of the molecule is C[C@@H](N)C(=O)N1C[C@H](CO)C(C)(C)C1. The van der Waals surface area contributed by atoms with E-state index in [0.717, 1.165) is 0 Å². The van der Waals surface area contributed by atoms with Gasteiger partial charge in [0.1, 0.15) is 0 Å². The third kappa shape index (κ3) is 2.07. The van der Waals surface area contributed by atoms with Crippen LogP contribution >= 0.6 is 0 Å². The number of aliphatic hydroxyl groups is 1. The molecule has 82 valence electrons.